The van der Waals surface area contributed by atoms with Crippen LogP contribution in [0.3, 0.4) is 0 Å². The van der Waals surface area contributed by atoms with Crippen LogP contribution in [0.5, 0.6) is 0 Å². The molecule has 0 radical (unpaired) electrons. The number of carbonyl (C=O) groups excluding carboxylic acids is 1. The van der Waals surface area contributed by atoms with Crippen molar-refractivity contribution in [1.82, 2.24) is 15.0 Å². The summed E-state index contributed by atoms with van der Waals surface area (Å²) in [4.78, 5) is 16.7. The molecule has 0 saturated carbocycles. The van der Waals surface area contributed by atoms with E-state index in [1.807, 2.05) is 43.3 Å². The highest BCUT2D eigenvalue weighted by atomic mass is 35.5. The number of fused-ring (bicyclic) bond motifs is 1. The van der Waals surface area contributed by atoms with Gasteiger partial charge in [-0.1, -0.05) is 47.6 Å². The Morgan fingerprint density at radius 1 is 1.23 bits per heavy atom. The Morgan fingerprint density at radius 2 is 1.96 bits per heavy atom. The fourth-order valence-corrected chi connectivity index (χ4v) is 3.53. The second-order valence-electron chi connectivity index (χ2n) is 5.66. The maximum absolute atomic E-state index is 12.1. The Hall–Kier alpha value is -2.31. The molecule has 2 aromatic carbocycles. The molecule has 1 aromatic heterocycles. The number of nitrogens with zero attached hydrogens (tertiary/aromatic N) is 3. The van der Waals surface area contributed by atoms with Gasteiger partial charge in [0, 0.05) is 11.6 Å². The van der Waals surface area contributed by atoms with E-state index in [0.29, 0.717) is 5.02 Å². The van der Waals surface area contributed by atoms with Crippen LogP contribution in [0, 0.1) is 0 Å². The minimum absolute atomic E-state index is 0.168. The molecule has 26 heavy (non-hydrogen) atoms. The van der Waals surface area contributed by atoms with Gasteiger partial charge in [-0.05, 0) is 43.7 Å². The van der Waals surface area contributed by atoms with E-state index < -0.39 is 0 Å². The zero-order valence-corrected chi connectivity index (χ0v) is 16.1. The molecule has 134 valence electrons. The molecule has 0 fully saturated rings. The smallest absolute Gasteiger partial charge is 0.250 e. The van der Waals surface area contributed by atoms with Gasteiger partial charge < -0.3 is 4.57 Å². The van der Waals surface area contributed by atoms with E-state index >= 15 is 0 Å². The van der Waals surface area contributed by atoms with Crippen LogP contribution in [0.1, 0.15) is 19.4 Å². The molecule has 1 N–H and O–H groups in total. The topological polar surface area (TPSA) is 59.3 Å². The standard InChI is InChI=1S/C19H19ClN4OS/c1-3-24-17-7-5-4-6-16(17)21-19(24)26-12-18(25)23-22-13(2)14-8-10-15(20)11-9-14/h4-11H,3,12H2,1-2H3,(H,23,25)/b22-13+. The van der Waals surface area contributed by atoms with Crippen molar-refractivity contribution in [2.24, 2.45) is 5.10 Å². The van der Waals surface area contributed by atoms with Crippen molar-refractivity contribution in [3.63, 3.8) is 0 Å². The summed E-state index contributed by atoms with van der Waals surface area (Å²) in [5, 5.41) is 5.66. The highest BCUT2D eigenvalue weighted by Crippen LogP contribution is 2.23. The van der Waals surface area contributed by atoms with Crippen LogP contribution >= 0.6 is 23.4 Å². The lowest BCUT2D eigenvalue weighted by molar-refractivity contribution is -0.118. The van der Waals surface area contributed by atoms with Gasteiger partial charge in [0.2, 0.25) is 0 Å². The van der Waals surface area contributed by atoms with Crippen LogP contribution in [-0.4, -0.2) is 26.9 Å². The van der Waals surface area contributed by atoms with Crippen LogP contribution in [0.15, 0.2) is 58.8 Å². The van der Waals surface area contributed by atoms with E-state index in [-0.39, 0.29) is 11.7 Å². The van der Waals surface area contributed by atoms with E-state index in [1.165, 1.54) is 11.8 Å². The van der Waals surface area contributed by atoms with Crippen molar-refractivity contribution in [2.75, 3.05) is 5.75 Å². The third-order valence-corrected chi connectivity index (χ3v) is 5.11. The van der Waals surface area contributed by atoms with Gasteiger partial charge >= 0.3 is 0 Å². The lowest BCUT2D eigenvalue weighted by Gasteiger charge is -2.05. The molecule has 0 aliphatic rings. The number of aryl methyl sites for hydroxylation is 1. The molecular formula is C19H19ClN4OS. The number of halogens is 1. The number of hydrogen-bond donors (Lipinski definition) is 1. The van der Waals surface area contributed by atoms with Crippen molar-refractivity contribution in [3.05, 3.63) is 59.1 Å². The molecule has 0 spiro atoms. The van der Waals surface area contributed by atoms with Gasteiger partial charge in [0.05, 0.1) is 22.5 Å². The maximum atomic E-state index is 12.1. The molecule has 3 aromatic rings. The van der Waals surface area contributed by atoms with Crippen molar-refractivity contribution in [3.8, 4) is 0 Å². The molecule has 0 bridgehead atoms. The van der Waals surface area contributed by atoms with Crippen molar-refractivity contribution >= 4 is 46.0 Å². The Balaban J connectivity index is 1.62. The molecule has 0 saturated heterocycles. The predicted octanol–water partition coefficient (Wildman–Crippen LogP) is 4.34. The van der Waals surface area contributed by atoms with E-state index in [1.54, 1.807) is 12.1 Å². The number of hydrogen-bond acceptors (Lipinski definition) is 4. The molecule has 3 rings (SSSR count). The highest BCUT2D eigenvalue weighted by Gasteiger charge is 2.11. The van der Waals surface area contributed by atoms with Crippen LogP contribution in [-0.2, 0) is 11.3 Å². The fraction of sp³-hybridized carbons (Fsp3) is 0.211. The third-order valence-electron chi connectivity index (χ3n) is 3.88. The Morgan fingerprint density at radius 3 is 2.69 bits per heavy atom. The largest absolute Gasteiger partial charge is 0.319 e. The van der Waals surface area contributed by atoms with Crippen molar-refractivity contribution in [2.45, 2.75) is 25.5 Å². The molecule has 1 amide bonds. The van der Waals surface area contributed by atoms with Gasteiger partial charge in [-0.3, -0.25) is 4.79 Å². The average Bonchev–Trinajstić information content (AvgIpc) is 3.02. The quantitative estimate of drug-likeness (QED) is 0.389. The van der Waals surface area contributed by atoms with Gasteiger partial charge in [0.25, 0.3) is 5.91 Å². The summed E-state index contributed by atoms with van der Waals surface area (Å²) in [5.41, 5.74) is 6.25. The van der Waals surface area contributed by atoms with Gasteiger partial charge in [0.15, 0.2) is 5.16 Å². The van der Waals surface area contributed by atoms with Crippen LogP contribution in [0.4, 0.5) is 0 Å². The molecule has 1 heterocycles. The zero-order valence-electron chi connectivity index (χ0n) is 14.6. The third kappa shape index (κ3) is 4.26. The molecule has 7 heteroatoms. The number of rotatable bonds is 6. The number of carbonyl (C=O) groups is 1. The second-order valence-corrected chi connectivity index (χ2v) is 7.03. The summed E-state index contributed by atoms with van der Waals surface area (Å²) in [5.74, 6) is 0.0822. The summed E-state index contributed by atoms with van der Waals surface area (Å²) in [6.07, 6.45) is 0. The molecule has 0 aliphatic heterocycles. The van der Waals surface area contributed by atoms with Gasteiger partial charge in [0.1, 0.15) is 0 Å². The SMILES string of the molecule is CCn1c(SCC(=O)N/N=C(\C)c2ccc(Cl)cc2)nc2ccccc21. The summed E-state index contributed by atoms with van der Waals surface area (Å²) >= 11 is 7.29. The Labute approximate surface area is 161 Å². The van der Waals surface area contributed by atoms with Crippen LogP contribution in [0.25, 0.3) is 11.0 Å². The molecule has 0 aliphatic carbocycles. The van der Waals surface area contributed by atoms with Gasteiger partial charge in [-0.2, -0.15) is 5.10 Å². The van der Waals surface area contributed by atoms with Gasteiger partial charge in [-0.25, -0.2) is 10.4 Å². The van der Waals surface area contributed by atoms with Crippen LogP contribution < -0.4 is 5.43 Å². The zero-order chi connectivity index (χ0) is 18.5. The molecule has 5 nitrogen and oxygen atoms in total. The Bertz CT molecular complexity index is 950. The maximum Gasteiger partial charge on any atom is 0.250 e. The number of amides is 1. The van der Waals surface area contributed by atoms with E-state index in [0.717, 1.165) is 34.0 Å². The molecular weight excluding hydrogens is 368 g/mol. The number of hydrazone groups is 1. The number of imidazole rings is 1. The predicted molar refractivity (Wildman–Crippen MR) is 108 cm³/mol. The number of aromatic nitrogens is 2. The minimum atomic E-state index is -0.168. The molecule has 0 unspecified atom stereocenters. The average molecular weight is 387 g/mol. The monoisotopic (exact) mass is 386 g/mol. The molecule has 0 atom stereocenters. The first-order chi connectivity index (χ1) is 12.6. The number of thioether (sulfide) groups is 1. The number of nitrogens with one attached hydrogen (secondary N) is 1. The summed E-state index contributed by atoms with van der Waals surface area (Å²) in [7, 11) is 0. The fourth-order valence-electron chi connectivity index (χ4n) is 2.53. The summed E-state index contributed by atoms with van der Waals surface area (Å²) < 4.78 is 2.11. The first-order valence-electron chi connectivity index (χ1n) is 8.25. The second kappa shape index (κ2) is 8.38. The summed E-state index contributed by atoms with van der Waals surface area (Å²) in [6.45, 7) is 4.71. The number of benzene rings is 2. The van der Waals surface area contributed by atoms with Crippen molar-refractivity contribution < 1.29 is 4.79 Å². The normalized spacial score (nSPS) is 11.7. The van der Waals surface area contributed by atoms with E-state index in [2.05, 4.69) is 27.0 Å². The van der Waals surface area contributed by atoms with E-state index in [9.17, 15) is 4.79 Å². The first kappa shape index (κ1) is 18.5. The minimum Gasteiger partial charge on any atom is -0.319 e. The first-order valence-corrected chi connectivity index (χ1v) is 9.62. The number of para-hydroxylation sites is 2. The lowest BCUT2D eigenvalue weighted by atomic mass is 10.1. The Kier molecular flexibility index (Phi) is 5.96. The van der Waals surface area contributed by atoms with Crippen molar-refractivity contribution in [1.29, 1.82) is 0 Å². The van der Waals surface area contributed by atoms with E-state index in [4.69, 9.17) is 11.6 Å². The van der Waals surface area contributed by atoms with Crippen LogP contribution in [0.2, 0.25) is 5.02 Å². The lowest BCUT2D eigenvalue weighted by Crippen LogP contribution is -2.21. The van der Waals surface area contributed by atoms with Gasteiger partial charge in [-0.15, -0.1) is 0 Å². The summed E-state index contributed by atoms with van der Waals surface area (Å²) in [6, 6.07) is 15.3. The highest BCUT2D eigenvalue weighted by molar-refractivity contribution is 7.99.